The van der Waals surface area contributed by atoms with E-state index >= 15 is 0 Å². The van der Waals surface area contributed by atoms with Crippen molar-refractivity contribution in [2.45, 2.75) is 32.2 Å². The summed E-state index contributed by atoms with van der Waals surface area (Å²) in [6, 6.07) is 6.37. The van der Waals surface area contributed by atoms with Gasteiger partial charge < -0.3 is 10.6 Å². The van der Waals surface area contributed by atoms with Crippen LogP contribution in [-0.4, -0.2) is 25.5 Å². The molecule has 0 saturated carbocycles. The van der Waals surface area contributed by atoms with Gasteiger partial charge in [0.25, 0.3) is 0 Å². The molecule has 0 aliphatic heterocycles. The van der Waals surface area contributed by atoms with Gasteiger partial charge in [-0.3, -0.25) is 4.79 Å². The summed E-state index contributed by atoms with van der Waals surface area (Å²) in [6.45, 7) is 6.12. The predicted molar refractivity (Wildman–Crippen MR) is 71.0 cm³/mol. The van der Waals surface area contributed by atoms with Crippen molar-refractivity contribution in [3.8, 4) is 0 Å². The molecular formula is C14H21FN2O. The van der Waals surface area contributed by atoms with Crippen LogP contribution in [0, 0.1) is 5.82 Å². The fourth-order valence-corrected chi connectivity index (χ4v) is 1.58. The molecule has 18 heavy (non-hydrogen) atoms. The molecule has 0 aliphatic carbocycles. The second-order valence-electron chi connectivity index (χ2n) is 5.04. The third-order valence-electron chi connectivity index (χ3n) is 3.18. The molecule has 0 bridgehead atoms. The Balaban J connectivity index is 2.76. The van der Waals surface area contributed by atoms with E-state index in [1.165, 1.54) is 12.1 Å². The van der Waals surface area contributed by atoms with Crippen LogP contribution in [-0.2, 0) is 10.2 Å². The molecule has 1 unspecified atom stereocenters. The van der Waals surface area contributed by atoms with Crippen molar-refractivity contribution in [1.82, 2.24) is 10.6 Å². The highest BCUT2D eigenvalue weighted by molar-refractivity contribution is 5.87. The van der Waals surface area contributed by atoms with Crippen LogP contribution in [0.4, 0.5) is 4.39 Å². The van der Waals surface area contributed by atoms with Crippen LogP contribution >= 0.6 is 0 Å². The fraction of sp³-hybridized carbons (Fsp3) is 0.500. The monoisotopic (exact) mass is 252 g/mol. The highest BCUT2D eigenvalue weighted by Gasteiger charge is 2.29. The normalized spacial score (nSPS) is 13.2. The number of nitrogens with one attached hydrogen (secondary N) is 2. The summed E-state index contributed by atoms with van der Waals surface area (Å²) in [5.74, 6) is -0.424. The Bertz CT molecular complexity index is 418. The molecule has 100 valence electrons. The Morgan fingerprint density at radius 2 is 2.11 bits per heavy atom. The molecule has 0 spiro atoms. The molecule has 4 heteroatoms. The van der Waals surface area contributed by atoms with Gasteiger partial charge in [-0.1, -0.05) is 12.1 Å². The largest absolute Gasteiger partial charge is 0.354 e. The Hall–Kier alpha value is -1.42. The number of rotatable bonds is 5. The molecule has 1 aromatic rings. The minimum Gasteiger partial charge on any atom is -0.354 e. The van der Waals surface area contributed by atoms with Crippen molar-refractivity contribution in [2.75, 3.05) is 13.6 Å². The van der Waals surface area contributed by atoms with Gasteiger partial charge in [-0.2, -0.15) is 0 Å². The zero-order chi connectivity index (χ0) is 13.8. The second kappa shape index (κ2) is 5.96. The van der Waals surface area contributed by atoms with E-state index in [0.29, 0.717) is 12.1 Å². The number of benzene rings is 1. The molecule has 0 fully saturated rings. The quantitative estimate of drug-likeness (QED) is 0.839. The lowest BCUT2D eigenvalue weighted by Crippen LogP contribution is -2.45. The molecule has 0 saturated heterocycles. The standard InChI is InChI=1S/C14H21FN2O/c1-10(16-4)9-17-13(18)14(2,3)11-6-5-7-12(15)8-11/h5-8,10,16H,9H2,1-4H3,(H,17,18). The van der Waals surface area contributed by atoms with E-state index in [4.69, 9.17) is 0 Å². The molecule has 1 atom stereocenters. The average molecular weight is 252 g/mol. The van der Waals surface area contributed by atoms with E-state index in [2.05, 4.69) is 10.6 Å². The first kappa shape index (κ1) is 14.6. The first-order chi connectivity index (χ1) is 8.37. The summed E-state index contributed by atoms with van der Waals surface area (Å²) in [4.78, 5) is 12.1. The lowest BCUT2D eigenvalue weighted by Gasteiger charge is -2.25. The summed E-state index contributed by atoms with van der Waals surface area (Å²) in [5, 5.41) is 5.91. The highest BCUT2D eigenvalue weighted by atomic mass is 19.1. The Kier molecular flexibility index (Phi) is 4.84. The zero-order valence-corrected chi connectivity index (χ0v) is 11.4. The van der Waals surface area contributed by atoms with Crippen molar-refractivity contribution < 1.29 is 9.18 Å². The molecule has 0 aromatic heterocycles. The SMILES string of the molecule is CNC(C)CNC(=O)C(C)(C)c1cccc(F)c1. The first-order valence-electron chi connectivity index (χ1n) is 6.09. The summed E-state index contributed by atoms with van der Waals surface area (Å²) in [5.41, 5.74) is -0.0626. The van der Waals surface area contributed by atoms with E-state index in [0.717, 1.165) is 0 Å². The molecule has 1 rings (SSSR count). The Morgan fingerprint density at radius 3 is 2.67 bits per heavy atom. The molecule has 0 aliphatic rings. The second-order valence-corrected chi connectivity index (χ2v) is 5.04. The zero-order valence-electron chi connectivity index (χ0n) is 11.4. The fourth-order valence-electron chi connectivity index (χ4n) is 1.58. The Morgan fingerprint density at radius 1 is 1.44 bits per heavy atom. The molecule has 1 amide bonds. The number of amides is 1. The van der Waals surface area contributed by atoms with E-state index in [9.17, 15) is 9.18 Å². The number of likely N-dealkylation sites (N-methyl/N-ethyl adjacent to an activating group) is 1. The van der Waals surface area contributed by atoms with Gasteiger partial charge in [0.05, 0.1) is 5.41 Å². The van der Waals surface area contributed by atoms with Gasteiger partial charge in [0.1, 0.15) is 5.82 Å². The maximum Gasteiger partial charge on any atom is 0.230 e. The molecule has 0 radical (unpaired) electrons. The third-order valence-corrected chi connectivity index (χ3v) is 3.18. The van der Waals surface area contributed by atoms with Gasteiger partial charge >= 0.3 is 0 Å². The van der Waals surface area contributed by atoms with Crippen molar-refractivity contribution in [2.24, 2.45) is 0 Å². The summed E-state index contributed by atoms with van der Waals surface area (Å²) < 4.78 is 13.2. The number of carbonyl (C=O) groups is 1. The van der Waals surface area contributed by atoms with Gasteiger partial charge in [0.2, 0.25) is 5.91 Å². The van der Waals surface area contributed by atoms with E-state index in [1.807, 2.05) is 14.0 Å². The van der Waals surface area contributed by atoms with Crippen molar-refractivity contribution in [3.63, 3.8) is 0 Å². The molecule has 0 heterocycles. The van der Waals surface area contributed by atoms with Crippen LogP contribution in [0.15, 0.2) is 24.3 Å². The van der Waals surface area contributed by atoms with E-state index in [1.54, 1.807) is 26.0 Å². The average Bonchev–Trinajstić information content (AvgIpc) is 2.35. The van der Waals surface area contributed by atoms with Gasteiger partial charge in [-0.15, -0.1) is 0 Å². The van der Waals surface area contributed by atoms with Gasteiger partial charge in [-0.05, 0) is 45.5 Å². The Labute approximate surface area is 108 Å². The van der Waals surface area contributed by atoms with E-state index < -0.39 is 5.41 Å². The molecule has 3 nitrogen and oxygen atoms in total. The lowest BCUT2D eigenvalue weighted by atomic mass is 9.83. The van der Waals surface area contributed by atoms with Crippen LogP contribution in [0.25, 0.3) is 0 Å². The third kappa shape index (κ3) is 3.53. The summed E-state index contributed by atoms with van der Waals surface area (Å²) in [7, 11) is 1.84. The van der Waals surface area contributed by atoms with Crippen LogP contribution in [0.5, 0.6) is 0 Å². The number of halogens is 1. The maximum absolute atomic E-state index is 13.2. The van der Waals surface area contributed by atoms with Crippen molar-refractivity contribution in [3.05, 3.63) is 35.6 Å². The van der Waals surface area contributed by atoms with Crippen LogP contribution < -0.4 is 10.6 Å². The number of hydrogen-bond acceptors (Lipinski definition) is 2. The molecule has 1 aromatic carbocycles. The first-order valence-corrected chi connectivity index (χ1v) is 6.09. The minimum absolute atomic E-state index is 0.102. The van der Waals surface area contributed by atoms with Crippen LogP contribution in [0.1, 0.15) is 26.3 Å². The number of hydrogen-bond donors (Lipinski definition) is 2. The minimum atomic E-state index is -0.741. The van der Waals surface area contributed by atoms with Crippen LogP contribution in [0.2, 0.25) is 0 Å². The highest BCUT2D eigenvalue weighted by Crippen LogP contribution is 2.23. The lowest BCUT2D eigenvalue weighted by molar-refractivity contribution is -0.125. The molecular weight excluding hydrogens is 231 g/mol. The summed E-state index contributed by atoms with van der Waals surface area (Å²) in [6.07, 6.45) is 0. The van der Waals surface area contributed by atoms with Gasteiger partial charge in [0.15, 0.2) is 0 Å². The smallest absolute Gasteiger partial charge is 0.230 e. The van der Waals surface area contributed by atoms with Crippen LogP contribution in [0.3, 0.4) is 0 Å². The number of carbonyl (C=O) groups excluding carboxylic acids is 1. The molecule has 2 N–H and O–H groups in total. The topological polar surface area (TPSA) is 41.1 Å². The van der Waals surface area contributed by atoms with E-state index in [-0.39, 0.29) is 17.8 Å². The predicted octanol–water partition coefficient (Wildman–Crippen LogP) is 1.83. The van der Waals surface area contributed by atoms with Crippen molar-refractivity contribution in [1.29, 1.82) is 0 Å². The van der Waals surface area contributed by atoms with Gasteiger partial charge in [0, 0.05) is 12.6 Å². The maximum atomic E-state index is 13.2. The van der Waals surface area contributed by atoms with Crippen molar-refractivity contribution >= 4 is 5.91 Å². The van der Waals surface area contributed by atoms with Gasteiger partial charge in [-0.25, -0.2) is 4.39 Å². The summed E-state index contributed by atoms with van der Waals surface area (Å²) >= 11 is 0.